The number of carbonyl (C=O) groups excluding carboxylic acids is 1. The van der Waals surface area contributed by atoms with Crippen molar-refractivity contribution in [1.82, 2.24) is 4.72 Å². The minimum atomic E-state index is -3.75. The summed E-state index contributed by atoms with van der Waals surface area (Å²) in [6, 6.07) is 5.61. The molecular weight excluding hydrogens is 302 g/mol. The van der Waals surface area contributed by atoms with E-state index < -0.39 is 22.0 Å². The maximum atomic E-state index is 12.4. The SMILES string of the molecule is CCCCOC(=O)[C@@H](NS(=O)(=O)c1ccc(C)cc1)C(C)C. The lowest BCUT2D eigenvalue weighted by Gasteiger charge is -2.20. The van der Waals surface area contributed by atoms with Gasteiger partial charge < -0.3 is 4.74 Å². The number of ether oxygens (including phenoxy) is 1. The third-order valence-electron chi connectivity index (χ3n) is 3.28. The van der Waals surface area contributed by atoms with Gasteiger partial charge in [-0.15, -0.1) is 0 Å². The van der Waals surface area contributed by atoms with Crippen LogP contribution >= 0.6 is 0 Å². The minimum absolute atomic E-state index is 0.144. The van der Waals surface area contributed by atoms with Crippen LogP contribution in [-0.4, -0.2) is 27.0 Å². The van der Waals surface area contributed by atoms with Crippen molar-refractivity contribution >= 4 is 16.0 Å². The van der Waals surface area contributed by atoms with Crippen molar-refractivity contribution in [3.05, 3.63) is 29.8 Å². The monoisotopic (exact) mass is 327 g/mol. The van der Waals surface area contributed by atoms with E-state index in [0.717, 1.165) is 18.4 Å². The van der Waals surface area contributed by atoms with E-state index in [1.165, 1.54) is 12.1 Å². The van der Waals surface area contributed by atoms with Gasteiger partial charge in [0.2, 0.25) is 10.0 Å². The number of benzene rings is 1. The molecule has 0 aliphatic rings. The van der Waals surface area contributed by atoms with E-state index in [4.69, 9.17) is 4.74 Å². The number of aryl methyl sites for hydroxylation is 1. The number of unbranched alkanes of at least 4 members (excludes halogenated alkanes) is 1. The number of nitrogens with one attached hydrogen (secondary N) is 1. The number of carbonyl (C=O) groups is 1. The topological polar surface area (TPSA) is 72.5 Å². The summed E-state index contributed by atoms with van der Waals surface area (Å²) in [6.45, 7) is 7.75. The highest BCUT2D eigenvalue weighted by Crippen LogP contribution is 2.13. The molecule has 0 fully saturated rings. The quantitative estimate of drug-likeness (QED) is 0.588. The average Bonchev–Trinajstić information content (AvgIpc) is 2.45. The Bertz CT molecular complexity index is 579. The predicted molar refractivity (Wildman–Crippen MR) is 86.0 cm³/mol. The van der Waals surface area contributed by atoms with Gasteiger partial charge in [0.15, 0.2) is 0 Å². The number of rotatable bonds is 8. The van der Waals surface area contributed by atoms with Crippen molar-refractivity contribution in [3.63, 3.8) is 0 Å². The molecule has 0 spiro atoms. The number of sulfonamides is 1. The van der Waals surface area contributed by atoms with Crippen LogP contribution in [-0.2, 0) is 19.6 Å². The van der Waals surface area contributed by atoms with E-state index >= 15 is 0 Å². The number of esters is 1. The molecule has 124 valence electrons. The molecule has 0 amide bonds. The summed E-state index contributed by atoms with van der Waals surface area (Å²) in [5.41, 5.74) is 0.971. The largest absolute Gasteiger partial charge is 0.464 e. The first kappa shape index (κ1) is 18.6. The van der Waals surface area contributed by atoms with Crippen molar-refractivity contribution < 1.29 is 17.9 Å². The Kier molecular flexibility index (Phi) is 7.03. The Morgan fingerprint density at radius 3 is 2.32 bits per heavy atom. The van der Waals surface area contributed by atoms with E-state index in [-0.39, 0.29) is 10.8 Å². The lowest BCUT2D eigenvalue weighted by molar-refractivity contribution is -0.146. The zero-order valence-electron chi connectivity index (χ0n) is 13.6. The van der Waals surface area contributed by atoms with Gasteiger partial charge in [-0.05, 0) is 31.4 Å². The third-order valence-corrected chi connectivity index (χ3v) is 4.73. The summed E-state index contributed by atoms with van der Waals surface area (Å²) in [5, 5.41) is 0. The van der Waals surface area contributed by atoms with Crippen LogP contribution < -0.4 is 4.72 Å². The second kappa shape index (κ2) is 8.29. The molecule has 1 atom stereocenters. The fourth-order valence-corrected chi connectivity index (χ4v) is 3.15. The molecule has 0 radical (unpaired) electrons. The molecule has 0 aliphatic carbocycles. The van der Waals surface area contributed by atoms with Gasteiger partial charge in [-0.25, -0.2) is 8.42 Å². The van der Waals surface area contributed by atoms with E-state index in [9.17, 15) is 13.2 Å². The van der Waals surface area contributed by atoms with E-state index in [2.05, 4.69) is 4.72 Å². The van der Waals surface area contributed by atoms with Crippen molar-refractivity contribution in [3.8, 4) is 0 Å². The summed E-state index contributed by atoms with van der Waals surface area (Å²) >= 11 is 0. The zero-order chi connectivity index (χ0) is 16.8. The van der Waals surface area contributed by atoms with Crippen LogP contribution in [0.1, 0.15) is 39.2 Å². The van der Waals surface area contributed by atoms with Crippen molar-refractivity contribution in [2.75, 3.05) is 6.61 Å². The molecule has 22 heavy (non-hydrogen) atoms. The second-order valence-corrected chi connectivity index (χ2v) is 7.39. The van der Waals surface area contributed by atoms with Crippen LogP contribution in [0.4, 0.5) is 0 Å². The van der Waals surface area contributed by atoms with E-state index in [1.807, 2.05) is 13.8 Å². The summed E-state index contributed by atoms with van der Waals surface area (Å²) in [6.07, 6.45) is 1.68. The summed E-state index contributed by atoms with van der Waals surface area (Å²) in [4.78, 5) is 12.2. The predicted octanol–water partition coefficient (Wildman–Crippen LogP) is 2.64. The fraction of sp³-hybridized carbons (Fsp3) is 0.562. The highest BCUT2D eigenvalue weighted by atomic mass is 32.2. The standard InChI is InChI=1S/C16H25NO4S/c1-5-6-11-21-16(18)15(12(2)3)17-22(19,20)14-9-7-13(4)8-10-14/h7-10,12,15,17H,5-6,11H2,1-4H3/t15-/m0/s1. The molecule has 6 heteroatoms. The normalized spacial score (nSPS) is 13.1. The fourth-order valence-electron chi connectivity index (χ4n) is 1.82. The van der Waals surface area contributed by atoms with Crippen molar-refractivity contribution in [2.24, 2.45) is 5.92 Å². The Morgan fingerprint density at radius 1 is 1.23 bits per heavy atom. The highest BCUT2D eigenvalue weighted by molar-refractivity contribution is 7.89. The first-order valence-corrected chi connectivity index (χ1v) is 9.02. The molecular formula is C16H25NO4S. The third kappa shape index (κ3) is 5.42. The first-order valence-electron chi connectivity index (χ1n) is 7.53. The molecule has 0 saturated carbocycles. The summed E-state index contributed by atoms with van der Waals surface area (Å²) in [7, 11) is -3.75. The highest BCUT2D eigenvalue weighted by Gasteiger charge is 2.29. The van der Waals surface area contributed by atoms with Gasteiger partial charge in [0.05, 0.1) is 11.5 Å². The van der Waals surface area contributed by atoms with Crippen LogP contribution in [0.5, 0.6) is 0 Å². The smallest absolute Gasteiger partial charge is 0.324 e. The van der Waals surface area contributed by atoms with Gasteiger partial charge in [-0.3, -0.25) is 4.79 Å². The van der Waals surface area contributed by atoms with Crippen LogP contribution in [0.3, 0.4) is 0 Å². The molecule has 1 rings (SSSR count). The molecule has 0 heterocycles. The maximum Gasteiger partial charge on any atom is 0.324 e. The van der Waals surface area contributed by atoms with Crippen LogP contribution in [0, 0.1) is 12.8 Å². The van der Waals surface area contributed by atoms with Crippen molar-refractivity contribution in [1.29, 1.82) is 0 Å². The van der Waals surface area contributed by atoms with Crippen molar-refractivity contribution in [2.45, 2.75) is 51.5 Å². The molecule has 1 aromatic rings. The van der Waals surface area contributed by atoms with Crippen LogP contribution in [0.2, 0.25) is 0 Å². The van der Waals surface area contributed by atoms with Crippen LogP contribution in [0.15, 0.2) is 29.2 Å². The second-order valence-electron chi connectivity index (χ2n) is 5.68. The Hall–Kier alpha value is -1.40. The Balaban J connectivity index is 2.85. The van der Waals surface area contributed by atoms with Gasteiger partial charge in [-0.1, -0.05) is 44.9 Å². The molecule has 1 N–H and O–H groups in total. The number of hydrogen-bond acceptors (Lipinski definition) is 4. The Morgan fingerprint density at radius 2 is 1.82 bits per heavy atom. The summed E-state index contributed by atoms with van der Waals surface area (Å²) < 4.78 is 32.3. The first-order chi connectivity index (χ1) is 10.3. The van der Waals surface area contributed by atoms with Gasteiger partial charge in [0, 0.05) is 0 Å². The van der Waals surface area contributed by atoms with E-state index in [0.29, 0.717) is 6.61 Å². The maximum absolute atomic E-state index is 12.4. The Labute approximate surface area is 133 Å². The molecule has 5 nitrogen and oxygen atoms in total. The summed E-state index contributed by atoms with van der Waals surface area (Å²) in [5.74, 6) is -0.728. The molecule has 0 aliphatic heterocycles. The molecule has 0 bridgehead atoms. The van der Waals surface area contributed by atoms with Gasteiger partial charge >= 0.3 is 5.97 Å². The van der Waals surface area contributed by atoms with Gasteiger partial charge in [0.25, 0.3) is 0 Å². The van der Waals surface area contributed by atoms with Gasteiger partial charge in [0.1, 0.15) is 6.04 Å². The zero-order valence-corrected chi connectivity index (χ0v) is 14.4. The minimum Gasteiger partial charge on any atom is -0.464 e. The molecule has 0 saturated heterocycles. The molecule has 1 aromatic carbocycles. The lowest BCUT2D eigenvalue weighted by atomic mass is 10.1. The van der Waals surface area contributed by atoms with E-state index in [1.54, 1.807) is 26.0 Å². The average molecular weight is 327 g/mol. The molecule has 0 aromatic heterocycles. The van der Waals surface area contributed by atoms with Gasteiger partial charge in [-0.2, -0.15) is 4.72 Å². The number of hydrogen-bond donors (Lipinski definition) is 1. The molecule has 0 unspecified atom stereocenters. The van der Waals surface area contributed by atoms with Crippen LogP contribution in [0.25, 0.3) is 0 Å². The lowest BCUT2D eigenvalue weighted by Crippen LogP contribution is -2.45.